The molecule has 3 aromatic rings. The Hall–Kier alpha value is -3.80. The summed E-state index contributed by atoms with van der Waals surface area (Å²) in [7, 11) is 3.10. The van der Waals surface area contributed by atoms with Crippen LogP contribution in [0.25, 0.3) is 17.5 Å². The molecule has 0 bridgehead atoms. The van der Waals surface area contributed by atoms with Crippen molar-refractivity contribution >= 4 is 17.8 Å². The molecule has 146 valence electrons. The van der Waals surface area contributed by atoms with Crippen LogP contribution in [0.1, 0.15) is 11.3 Å². The van der Waals surface area contributed by atoms with Crippen molar-refractivity contribution in [3.8, 4) is 17.2 Å². The summed E-state index contributed by atoms with van der Waals surface area (Å²) in [6.07, 6.45) is 5.05. The standard InChI is InChI=1S/C23H18FNO4/c1-27-17-9-10-18(21(14-17)28-2)22-13-15(23(26)29-22)12-16-6-5-11-25(16)20-8-4-3-7-19(20)24/h3-14H,1-2H3. The molecule has 29 heavy (non-hydrogen) atoms. The Morgan fingerprint density at radius 3 is 2.62 bits per heavy atom. The molecule has 0 N–H and O–H groups in total. The average Bonchev–Trinajstić information content (AvgIpc) is 3.34. The van der Waals surface area contributed by atoms with E-state index in [4.69, 9.17) is 14.2 Å². The van der Waals surface area contributed by atoms with E-state index >= 15 is 0 Å². The molecule has 4 rings (SSSR count). The fourth-order valence-electron chi connectivity index (χ4n) is 3.16. The molecule has 0 saturated heterocycles. The summed E-state index contributed by atoms with van der Waals surface area (Å²) in [5.41, 5.74) is 2.04. The Morgan fingerprint density at radius 2 is 1.86 bits per heavy atom. The van der Waals surface area contributed by atoms with Gasteiger partial charge in [-0.05, 0) is 48.6 Å². The van der Waals surface area contributed by atoms with Gasteiger partial charge in [0.05, 0.1) is 31.0 Å². The first-order valence-electron chi connectivity index (χ1n) is 8.91. The third kappa shape index (κ3) is 3.52. The Bertz CT molecular complexity index is 1140. The van der Waals surface area contributed by atoms with E-state index < -0.39 is 5.97 Å². The molecule has 0 spiro atoms. The Labute approximate surface area is 167 Å². The molecule has 0 fully saturated rings. The van der Waals surface area contributed by atoms with Crippen molar-refractivity contribution in [3.63, 3.8) is 0 Å². The SMILES string of the molecule is COc1ccc(C2=CC(=Cc3cccn3-c3ccccc3F)C(=O)O2)c(OC)c1. The maximum atomic E-state index is 14.2. The highest BCUT2D eigenvalue weighted by molar-refractivity contribution is 6.05. The lowest BCUT2D eigenvalue weighted by molar-refractivity contribution is -0.130. The number of halogens is 1. The van der Waals surface area contributed by atoms with Gasteiger partial charge >= 0.3 is 5.97 Å². The van der Waals surface area contributed by atoms with E-state index in [1.54, 1.807) is 78.6 Å². The molecule has 0 amide bonds. The zero-order valence-corrected chi connectivity index (χ0v) is 15.9. The van der Waals surface area contributed by atoms with Gasteiger partial charge < -0.3 is 18.8 Å². The van der Waals surface area contributed by atoms with Crippen LogP contribution in [0.3, 0.4) is 0 Å². The predicted octanol–water partition coefficient (Wildman–Crippen LogP) is 4.61. The minimum Gasteiger partial charge on any atom is -0.497 e. The van der Waals surface area contributed by atoms with E-state index in [0.29, 0.717) is 39.8 Å². The van der Waals surface area contributed by atoms with E-state index in [1.165, 1.54) is 13.2 Å². The normalized spacial score (nSPS) is 14.7. The van der Waals surface area contributed by atoms with Crippen LogP contribution in [0.15, 0.2) is 72.4 Å². The van der Waals surface area contributed by atoms with Gasteiger partial charge in [0, 0.05) is 18.0 Å². The average molecular weight is 391 g/mol. The van der Waals surface area contributed by atoms with Crippen molar-refractivity contribution < 1.29 is 23.4 Å². The van der Waals surface area contributed by atoms with Crippen LogP contribution < -0.4 is 9.47 Å². The molecule has 0 radical (unpaired) electrons. The number of ether oxygens (including phenoxy) is 3. The van der Waals surface area contributed by atoms with Gasteiger partial charge in [-0.2, -0.15) is 0 Å². The van der Waals surface area contributed by atoms with Crippen LogP contribution in [0.4, 0.5) is 4.39 Å². The second-order valence-corrected chi connectivity index (χ2v) is 6.32. The Kier molecular flexibility index (Phi) is 4.91. The third-order valence-corrected chi connectivity index (χ3v) is 4.59. The Morgan fingerprint density at radius 1 is 1.03 bits per heavy atom. The van der Waals surface area contributed by atoms with E-state index in [9.17, 15) is 9.18 Å². The smallest absolute Gasteiger partial charge is 0.343 e. The number of cyclic esters (lactones) is 1. The summed E-state index contributed by atoms with van der Waals surface area (Å²) in [5, 5.41) is 0. The highest BCUT2D eigenvalue weighted by Crippen LogP contribution is 2.35. The predicted molar refractivity (Wildman–Crippen MR) is 107 cm³/mol. The van der Waals surface area contributed by atoms with Crippen LogP contribution in [0.2, 0.25) is 0 Å². The van der Waals surface area contributed by atoms with Gasteiger partial charge in [-0.1, -0.05) is 12.1 Å². The fraction of sp³-hybridized carbons (Fsp3) is 0.0870. The fourth-order valence-corrected chi connectivity index (χ4v) is 3.16. The molecule has 0 saturated carbocycles. The molecule has 1 aromatic heterocycles. The van der Waals surface area contributed by atoms with Crippen molar-refractivity contribution in [1.29, 1.82) is 0 Å². The number of benzene rings is 2. The van der Waals surface area contributed by atoms with Crippen molar-refractivity contribution in [1.82, 2.24) is 4.57 Å². The molecule has 6 heteroatoms. The van der Waals surface area contributed by atoms with Crippen LogP contribution in [0.5, 0.6) is 11.5 Å². The lowest BCUT2D eigenvalue weighted by Crippen LogP contribution is -2.01. The first kappa shape index (κ1) is 18.6. The molecule has 0 aliphatic carbocycles. The quantitative estimate of drug-likeness (QED) is 0.471. The van der Waals surface area contributed by atoms with Gasteiger partial charge in [0.15, 0.2) is 0 Å². The number of nitrogens with zero attached hydrogens (tertiary/aromatic N) is 1. The van der Waals surface area contributed by atoms with Gasteiger partial charge in [0.2, 0.25) is 0 Å². The van der Waals surface area contributed by atoms with Crippen molar-refractivity contribution in [3.05, 3.63) is 89.5 Å². The van der Waals surface area contributed by atoms with E-state index in [2.05, 4.69) is 0 Å². The molecule has 1 aliphatic heterocycles. The monoisotopic (exact) mass is 391 g/mol. The van der Waals surface area contributed by atoms with E-state index in [1.807, 2.05) is 0 Å². The van der Waals surface area contributed by atoms with Gasteiger partial charge in [-0.15, -0.1) is 0 Å². The summed E-state index contributed by atoms with van der Waals surface area (Å²) < 4.78 is 31.9. The number of esters is 1. The maximum Gasteiger partial charge on any atom is 0.343 e. The molecular weight excluding hydrogens is 373 g/mol. The van der Waals surface area contributed by atoms with Gasteiger partial charge in [0.25, 0.3) is 0 Å². The van der Waals surface area contributed by atoms with Gasteiger partial charge in [0.1, 0.15) is 23.1 Å². The number of methoxy groups -OCH3 is 2. The van der Waals surface area contributed by atoms with E-state index in [-0.39, 0.29) is 5.82 Å². The first-order chi connectivity index (χ1) is 14.1. The number of para-hydroxylation sites is 1. The Balaban J connectivity index is 1.72. The van der Waals surface area contributed by atoms with Gasteiger partial charge in [-0.3, -0.25) is 0 Å². The molecule has 1 aliphatic rings. The molecule has 5 nitrogen and oxygen atoms in total. The highest BCUT2D eigenvalue weighted by Gasteiger charge is 2.25. The number of aromatic nitrogens is 1. The molecule has 2 aromatic carbocycles. The summed E-state index contributed by atoms with van der Waals surface area (Å²) in [6, 6.07) is 15.3. The first-order valence-corrected chi connectivity index (χ1v) is 8.91. The number of hydrogen-bond acceptors (Lipinski definition) is 4. The highest BCUT2D eigenvalue weighted by atomic mass is 19.1. The zero-order chi connectivity index (χ0) is 20.4. The summed E-state index contributed by atoms with van der Waals surface area (Å²) in [5.74, 6) is 0.703. The molecule has 0 atom stereocenters. The lowest BCUT2D eigenvalue weighted by atomic mass is 10.1. The summed E-state index contributed by atoms with van der Waals surface area (Å²) >= 11 is 0. The minimum absolute atomic E-state index is 0.350. The number of hydrogen-bond donors (Lipinski definition) is 0. The number of rotatable bonds is 5. The van der Waals surface area contributed by atoms with Crippen molar-refractivity contribution in [2.75, 3.05) is 14.2 Å². The summed E-state index contributed by atoms with van der Waals surface area (Å²) in [4.78, 5) is 12.4. The van der Waals surface area contributed by atoms with Crippen molar-refractivity contribution in [2.45, 2.75) is 0 Å². The molecular formula is C23H18FNO4. The minimum atomic E-state index is -0.487. The largest absolute Gasteiger partial charge is 0.497 e. The van der Waals surface area contributed by atoms with Crippen LogP contribution >= 0.6 is 0 Å². The second kappa shape index (κ2) is 7.67. The third-order valence-electron chi connectivity index (χ3n) is 4.59. The topological polar surface area (TPSA) is 49.7 Å². The van der Waals surface area contributed by atoms with Crippen LogP contribution in [0, 0.1) is 5.82 Å². The van der Waals surface area contributed by atoms with Gasteiger partial charge in [-0.25, -0.2) is 9.18 Å². The van der Waals surface area contributed by atoms with Crippen molar-refractivity contribution in [2.24, 2.45) is 0 Å². The molecule has 0 unspecified atom stereocenters. The van der Waals surface area contributed by atoms with Crippen LogP contribution in [-0.4, -0.2) is 24.8 Å². The maximum absolute atomic E-state index is 14.2. The lowest BCUT2D eigenvalue weighted by Gasteiger charge is -2.10. The zero-order valence-electron chi connectivity index (χ0n) is 15.9. The van der Waals surface area contributed by atoms with E-state index in [0.717, 1.165) is 0 Å². The number of carbonyl (C=O) groups is 1. The van der Waals surface area contributed by atoms with Crippen LogP contribution in [-0.2, 0) is 9.53 Å². The molecule has 2 heterocycles. The number of carbonyl (C=O) groups excluding carboxylic acids is 1. The summed E-state index contributed by atoms with van der Waals surface area (Å²) in [6.45, 7) is 0. The second-order valence-electron chi connectivity index (χ2n) is 6.32.